The third-order valence-electron chi connectivity index (χ3n) is 2.26. The fraction of sp³-hybridized carbons (Fsp3) is 0.400. The van der Waals surface area contributed by atoms with Crippen molar-refractivity contribution < 1.29 is 13.9 Å². The van der Waals surface area contributed by atoms with Crippen LogP contribution in [0.1, 0.15) is 38.4 Å². The van der Waals surface area contributed by atoms with Crippen LogP contribution in [0.5, 0.6) is 0 Å². The summed E-state index contributed by atoms with van der Waals surface area (Å²) >= 11 is 0. The minimum absolute atomic E-state index is 0.223. The van der Waals surface area contributed by atoms with Crippen molar-refractivity contribution in [2.45, 2.75) is 32.8 Å². The van der Waals surface area contributed by atoms with Gasteiger partial charge in [-0.1, -0.05) is 12.2 Å². The molecule has 0 aliphatic carbocycles. The summed E-state index contributed by atoms with van der Waals surface area (Å²) in [6.07, 6.45) is 4.97. The molecular weight excluding hydrogens is 273 g/mol. The van der Waals surface area contributed by atoms with Crippen molar-refractivity contribution in [1.29, 1.82) is 5.26 Å². The Bertz CT molecular complexity index is 571. The van der Waals surface area contributed by atoms with Gasteiger partial charge in [0.15, 0.2) is 11.5 Å². The molecule has 0 aliphatic rings. The summed E-state index contributed by atoms with van der Waals surface area (Å²) in [4.78, 5) is 15.0. The Balaban J connectivity index is 2.38. The summed E-state index contributed by atoms with van der Waals surface area (Å²) in [6.45, 7) is 5.79. The number of carbonyl (C=O) groups is 1. The molecule has 112 valence electrons. The van der Waals surface area contributed by atoms with E-state index in [4.69, 9.17) is 10.00 Å². The Morgan fingerprint density at radius 2 is 2.29 bits per heavy atom. The first-order valence-corrected chi connectivity index (χ1v) is 6.51. The third-order valence-corrected chi connectivity index (χ3v) is 2.26. The molecule has 0 aromatic carbocycles. The molecule has 0 atom stereocenters. The van der Waals surface area contributed by atoms with E-state index >= 15 is 0 Å². The van der Waals surface area contributed by atoms with E-state index in [2.05, 4.69) is 10.3 Å². The van der Waals surface area contributed by atoms with Crippen LogP contribution in [0.4, 0.5) is 9.18 Å². The zero-order valence-corrected chi connectivity index (χ0v) is 12.3. The number of rotatable bonds is 4. The summed E-state index contributed by atoms with van der Waals surface area (Å²) in [5.41, 5.74) is -0.187. The van der Waals surface area contributed by atoms with Crippen LogP contribution < -0.4 is 5.32 Å². The highest BCUT2D eigenvalue weighted by Crippen LogP contribution is 2.08. The molecule has 0 unspecified atom stereocenters. The van der Waals surface area contributed by atoms with E-state index in [0.717, 1.165) is 0 Å². The van der Waals surface area contributed by atoms with Gasteiger partial charge in [-0.15, -0.1) is 0 Å². The Kier molecular flexibility index (Phi) is 5.85. The zero-order chi connectivity index (χ0) is 15.9. The van der Waals surface area contributed by atoms with Crippen LogP contribution in [0, 0.1) is 17.1 Å². The number of nitriles is 1. The molecule has 0 spiro atoms. The molecule has 0 aliphatic heterocycles. The number of aromatic nitrogens is 1. The van der Waals surface area contributed by atoms with Gasteiger partial charge >= 0.3 is 6.09 Å². The Morgan fingerprint density at radius 1 is 1.57 bits per heavy atom. The molecule has 0 bridgehead atoms. The highest BCUT2D eigenvalue weighted by Gasteiger charge is 2.15. The van der Waals surface area contributed by atoms with E-state index in [0.29, 0.717) is 18.5 Å². The second-order valence-corrected chi connectivity index (χ2v) is 5.33. The van der Waals surface area contributed by atoms with E-state index in [1.807, 2.05) is 0 Å². The van der Waals surface area contributed by atoms with Crippen molar-refractivity contribution in [3.8, 4) is 6.07 Å². The van der Waals surface area contributed by atoms with Crippen LogP contribution in [-0.4, -0.2) is 23.2 Å². The fourth-order valence-corrected chi connectivity index (χ4v) is 1.42. The molecule has 0 saturated carbocycles. The second-order valence-electron chi connectivity index (χ2n) is 5.33. The highest BCUT2D eigenvalue weighted by molar-refractivity contribution is 5.67. The van der Waals surface area contributed by atoms with Crippen LogP contribution in [0.3, 0.4) is 0 Å². The first kappa shape index (κ1) is 16.6. The fourth-order valence-electron chi connectivity index (χ4n) is 1.42. The zero-order valence-electron chi connectivity index (χ0n) is 12.3. The number of nitrogens with zero attached hydrogens (tertiary/aromatic N) is 2. The number of ether oxygens (including phenoxy) is 1. The van der Waals surface area contributed by atoms with Crippen molar-refractivity contribution in [3.63, 3.8) is 0 Å². The van der Waals surface area contributed by atoms with Gasteiger partial charge in [0.05, 0.1) is 0 Å². The van der Waals surface area contributed by atoms with Crippen molar-refractivity contribution in [3.05, 3.63) is 35.4 Å². The summed E-state index contributed by atoms with van der Waals surface area (Å²) < 4.78 is 18.4. The average molecular weight is 291 g/mol. The van der Waals surface area contributed by atoms with Gasteiger partial charge in [0.25, 0.3) is 0 Å². The number of pyridine rings is 1. The predicted octanol–water partition coefficient (Wildman–Crippen LogP) is 3.02. The molecule has 21 heavy (non-hydrogen) atoms. The van der Waals surface area contributed by atoms with Gasteiger partial charge < -0.3 is 10.1 Å². The lowest BCUT2D eigenvalue weighted by atomic mass is 10.2. The van der Waals surface area contributed by atoms with Crippen LogP contribution in [-0.2, 0) is 4.74 Å². The predicted molar refractivity (Wildman–Crippen MR) is 76.8 cm³/mol. The number of amides is 1. The SMILES string of the molecule is CC(C)(C)OC(=O)NCCC=Cc1cnc(C#N)c(F)c1. The molecule has 1 aromatic heterocycles. The maximum atomic E-state index is 13.3. The lowest BCUT2D eigenvalue weighted by molar-refractivity contribution is 0.0529. The second kappa shape index (κ2) is 7.39. The first-order valence-electron chi connectivity index (χ1n) is 6.51. The number of alkyl carbamates (subject to hydrolysis) is 1. The van der Waals surface area contributed by atoms with E-state index in [1.54, 1.807) is 39.0 Å². The van der Waals surface area contributed by atoms with Crippen molar-refractivity contribution in [2.24, 2.45) is 0 Å². The van der Waals surface area contributed by atoms with E-state index in [-0.39, 0.29) is 5.69 Å². The number of hydrogen-bond acceptors (Lipinski definition) is 4. The summed E-state index contributed by atoms with van der Waals surface area (Å²) in [6, 6.07) is 2.90. The Hall–Kier alpha value is -2.42. The molecule has 6 heteroatoms. The van der Waals surface area contributed by atoms with Gasteiger partial charge in [-0.05, 0) is 38.8 Å². The topological polar surface area (TPSA) is 75.0 Å². The highest BCUT2D eigenvalue weighted by atomic mass is 19.1. The van der Waals surface area contributed by atoms with Gasteiger partial charge in [0.1, 0.15) is 11.7 Å². The molecule has 5 nitrogen and oxygen atoms in total. The smallest absolute Gasteiger partial charge is 0.407 e. The summed E-state index contributed by atoms with van der Waals surface area (Å²) in [5.74, 6) is -0.647. The largest absolute Gasteiger partial charge is 0.444 e. The molecule has 1 heterocycles. The van der Waals surface area contributed by atoms with Crippen LogP contribution in [0.2, 0.25) is 0 Å². The van der Waals surface area contributed by atoms with Crippen LogP contribution >= 0.6 is 0 Å². The normalized spacial score (nSPS) is 11.2. The number of carbonyl (C=O) groups excluding carboxylic acids is 1. The van der Waals surface area contributed by atoms with E-state index in [9.17, 15) is 9.18 Å². The van der Waals surface area contributed by atoms with Gasteiger partial charge in [-0.3, -0.25) is 0 Å². The van der Waals surface area contributed by atoms with Crippen LogP contribution in [0.15, 0.2) is 18.3 Å². The minimum atomic E-state index is -0.647. The average Bonchev–Trinajstić information content (AvgIpc) is 2.36. The molecule has 0 saturated heterocycles. The Morgan fingerprint density at radius 3 is 2.86 bits per heavy atom. The molecule has 1 aromatic rings. The molecule has 1 N–H and O–H groups in total. The van der Waals surface area contributed by atoms with Crippen molar-refractivity contribution in [2.75, 3.05) is 6.54 Å². The maximum absolute atomic E-state index is 13.3. The number of halogens is 1. The molecule has 0 fully saturated rings. The minimum Gasteiger partial charge on any atom is -0.444 e. The lowest BCUT2D eigenvalue weighted by Gasteiger charge is -2.19. The van der Waals surface area contributed by atoms with Gasteiger partial charge in [-0.2, -0.15) is 5.26 Å². The van der Waals surface area contributed by atoms with Gasteiger partial charge in [0.2, 0.25) is 0 Å². The van der Waals surface area contributed by atoms with Gasteiger partial charge in [-0.25, -0.2) is 14.2 Å². The standard InChI is InChI=1S/C15H18FN3O2/c1-15(2,3)21-14(20)18-7-5-4-6-11-8-12(16)13(9-17)19-10-11/h4,6,8,10H,5,7H2,1-3H3,(H,18,20). The summed E-state index contributed by atoms with van der Waals surface area (Å²) in [5, 5.41) is 11.2. The third kappa shape index (κ3) is 6.52. The molecule has 0 radical (unpaired) electrons. The van der Waals surface area contributed by atoms with E-state index in [1.165, 1.54) is 12.3 Å². The quantitative estimate of drug-likeness (QED) is 0.865. The maximum Gasteiger partial charge on any atom is 0.407 e. The molecular formula is C15H18FN3O2. The van der Waals surface area contributed by atoms with Crippen molar-refractivity contribution >= 4 is 12.2 Å². The monoisotopic (exact) mass is 291 g/mol. The molecule has 1 rings (SSSR count). The van der Waals surface area contributed by atoms with E-state index < -0.39 is 17.5 Å². The number of nitrogens with one attached hydrogen (secondary N) is 1. The molecule has 1 amide bonds. The van der Waals surface area contributed by atoms with Crippen molar-refractivity contribution in [1.82, 2.24) is 10.3 Å². The summed E-state index contributed by atoms with van der Waals surface area (Å²) in [7, 11) is 0. The van der Waals surface area contributed by atoms with Crippen LogP contribution in [0.25, 0.3) is 6.08 Å². The number of hydrogen-bond donors (Lipinski definition) is 1. The first-order chi connectivity index (χ1) is 9.81. The van der Waals surface area contributed by atoms with Gasteiger partial charge in [0, 0.05) is 12.7 Å². The Labute approximate surface area is 123 Å². The lowest BCUT2D eigenvalue weighted by Crippen LogP contribution is -2.32.